The van der Waals surface area contributed by atoms with Crippen molar-refractivity contribution in [3.05, 3.63) is 350 Å². The van der Waals surface area contributed by atoms with Crippen LogP contribution in [0.4, 0.5) is 0 Å². The molecule has 0 aromatic heterocycles. The topological polar surface area (TPSA) is 210 Å². The monoisotopic (exact) mass is 2610 g/mol. The molecule has 130 heavy (non-hydrogen) atoms. The van der Waals surface area contributed by atoms with Crippen LogP contribution < -0.4 is 0 Å². The predicted molar refractivity (Wildman–Crippen MR) is 564 cm³/mol. The van der Waals surface area contributed by atoms with E-state index in [4.69, 9.17) is 37.9 Å². The van der Waals surface area contributed by atoms with Gasteiger partial charge in [0.2, 0.25) is 0 Å². The molecule has 0 saturated heterocycles. The number of hydrogen-bond acceptors (Lipinski definition) is 16. The first-order valence-electron chi connectivity index (χ1n) is 39.9. The van der Waals surface area contributed by atoms with E-state index in [0.717, 1.165) is 33.0 Å². The van der Waals surface area contributed by atoms with Crippen LogP contribution in [-0.2, 0) is 101 Å². The van der Waals surface area contributed by atoms with Crippen LogP contribution in [0, 0.1) is 10.7 Å². The van der Waals surface area contributed by atoms with Gasteiger partial charge in [0.25, 0.3) is 0 Å². The average molecular weight is 2620 g/mol. The quantitative estimate of drug-likeness (QED) is 0.00958. The lowest BCUT2D eigenvalue weighted by Crippen LogP contribution is -2.28. The molecule has 0 aliphatic rings. The third-order valence-corrected chi connectivity index (χ3v) is 31.7. The first kappa shape index (κ1) is 107. The molecule has 12 rings (SSSR count). The van der Waals surface area contributed by atoms with Crippen molar-refractivity contribution in [3.63, 3.8) is 0 Å². The van der Waals surface area contributed by atoms with E-state index < -0.39 is 65.1 Å². The molecule has 12 aromatic carbocycles. The summed E-state index contributed by atoms with van der Waals surface area (Å²) in [6.45, 7) is 13.6. The maximum absolute atomic E-state index is 12.4. The number of alkyl halides is 4. The summed E-state index contributed by atoms with van der Waals surface area (Å²) in [4.78, 5) is 110. The molecule has 0 saturated carbocycles. The molecule has 0 spiro atoms. The molecule has 0 radical (unpaired) electrons. The molecule has 2 unspecified atom stereocenters. The van der Waals surface area contributed by atoms with Crippen LogP contribution in [0.25, 0.3) is 0 Å². The van der Waals surface area contributed by atoms with Crippen LogP contribution in [0.15, 0.2) is 375 Å². The molecular formula is C100H90Br7I3O16S4+4. The van der Waals surface area contributed by atoms with Crippen molar-refractivity contribution < 1.29 is 76.3 Å². The van der Waals surface area contributed by atoms with Gasteiger partial charge in [-0.1, -0.05) is 148 Å². The Bertz CT molecular complexity index is 5260. The number of hydrogen-bond donors (Lipinski definition) is 0. The lowest BCUT2D eigenvalue weighted by atomic mass is 10.2. The molecule has 16 nitrogen and oxygen atoms in total. The van der Waals surface area contributed by atoms with Gasteiger partial charge in [-0.3, -0.25) is 19.2 Å². The van der Waals surface area contributed by atoms with Crippen LogP contribution in [0.2, 0.25) is 0 Å². The van der Waals surface area contributed by atoms with Gasteiger partial charge in [-0.05, 0) is 390 Å². The largest absolute Gasteiger partial charge is 0.461 e. The standard InChI is InChI=1S/C25H22Br3O4S.C25H23Br2O4S.C25H22BrI2O4S.C25H23BrIO4S/c1-25(2,28)24(30)32-16-15-31-23(29)17-3-9-20(10-4-17)33(21-11-5-18(26)6-12-21)22-13-7-19(27)8-14-22;1-25(2,27)24(29)31-17-16-30-23(28)18-8-12-21(13-9-18)32(20-6-4-3-5-7-20)22-14-10-19(26)11-15-22;1-25(2,26)24(30)32-16-15-31-23(29)17-3-9-20(10-4-17)33(21-11-5-18(27)6-12-21)22-13-7-19(28)8-14-22;1-25(2,26)24(29)31-17-16-30-23(28)18-8-12-21(13-9-18)32(20-6-4-3-5-7-20)22-14-10-19(27)11-15-22/h3-14H,15-16H2,1-2H3;3-15H,16-17H2,1-2H3;3-14H,15-16H2,1-2H3;3-15H,16-17H2,1-2H3/q4*+1. The van der Waals surface area contributed by atoms with E-state index in [1.54, 1.807) is 104 Å². The number of rotatable bonds is 32. The summed E-state index contributed by atoms with van der Waals surface area (Å²) in [6, 6.07) is 101. The summed E-state index contributed by atoms with van der Waals surface area (Å²) >= 11 is 30.4. The summed E-state index contributed by atoms with van der Waals surface area (Å²) in [5.74, 6) is -3.41. The maximum Gasteiger partial charge on any atom is 0.338 e. The van der Waals surface area contributed by atoms with Crippen LogP contribution in [0.1, 0.15) is 96.8 Å². The third-order valence-electron chi connectivity index (χ3n) is 17.7. The molecule has 676 valence electrons. The predicted octanol–water partition coefficient (Wildman–Crippen LogP) is 26.7. The molecule has 0 amide bonds. The molecule has 0 fully saturated rings. The Hall–Kier alpha value is -6.65. The summed E-state index contributed by atoms with van der Waals surface area (Å²) in [7, 11) is -1.21. The van der Waals surface area contributed by atoms with Crippen LogP contribution in [0.3, 0.4) is 0 Å². The number of benzene rings is 12. The summed E-state index contributed by atoms with van der Waals surface area (Å²) < 4.78 is 44.9. The van der Waals surface area contributed by atoms with Crippen molar-refractivity contribution in [2.24, 2.45) is 0 Å². The second kappa shape index (κ2) is 52.4. The Morgan fingerprint density at radius 2 is 0.354 bits per heavy atom. The molecule has 0 aliphatic carbocycles. The Morgan fingerprint density at radius 3 is 0.515 bits per heavy atom. The molecule has 0 bridgehead atoms. The molecule has 0 N–H and O–H groups in total. The van der Waals surface area contributed by atoms with E-state index in [2.05, 4.69) is 313 Å². The molecule has 0 heterocycles. The minimum absolute atomic E-state index is 0.00241. The zero-order chi connectivity index (χ0) is 94.3. The molecule has 0 aliphatic heterocycles. The van der Waals surface area contributed by atoms with E-state index in [9.17, 15) is 38.4 Å². The first-order chi connectivity index (χ1) is 61.8. The zero-order valence-electron chi connectivity index (χ0n) is 71.5. The fraction of sp³-hybridized carbons (Fsp3) is 0.200. The van der Waals surface area contributed by atoms with E-state index in [1.165, 1.54) is 49.9 Å². The second-order valence-corrected chi connectivity index (χ2v) is 52.2. The van der Waals surface area contributed by atoms with Crippen molar-refractivity contribution in [2.75, 3.05) is 52.9 Å². The number of carbonyl (C=O) groups excluding carboxylic acids is 8. The Morgan fingerprint density at radius 1 is 0.215 bits per heavy atom. The fourth-order valence-corrected chi connectivity index (χ4v) is 21.7. The van der Waals surface area contributed by atoms with Crippen molar-refractivity contribution in [3.8, 4) is 0 Å². The van der Waals surface area contributed by atoms with Gasteiger partial charge >= 0.3 is 47.8 Å². The van der Waals surface area contributed by atoms with Crippen molar-refractivity contribution in [1.82, 2.24) is 0 Å². The fourth-order valence-electron chi connectivity index (χ4n) is 11.2. The van der Waals surface area contributed by atoms with Crippen LogP contribution in [0.5, 0.6) is 0 Å². The van der Waals surface area contributed by atoms with E-state index in [1.807, 2.05) is 121 Å². The van der Waals surface area contributed by atoms with E-state index in [-0.39, 0.29) is 96.4 Å². The lowest BCUT2D eigenvalue weighted by Gasteiger charge is -2.14. The van der Waals surface area contributed by atoms with E-state index in [0.29, 0.717) is 22.3 Å². The van der Waals surface area contributed by atoms with Gasteiger partial charge in [0.15, 0.2) is 58.7 Å². The van der Waals surface area contributed by atoms with Gasteiger partial charge in [0.05, 0.1) is 65.8 Å². The summed E-state index contributed by atoms with van der Waals surface area (Å²) in [5.41, 5.74) is 1.81. The van der Waals surface area contributed by atoms with Gasteiger partial charge in [0, 0.05) is 24.1 Å². The van der Waals surface area contributed by atoms with E-state index >= 15 is 0 Å². The maximum atomic E-state index is 12.4. The van der Waals surface area contributed by atoms with Gasteiger partial charge in [-0.2, -0.15) is 0 Å². The highest BCUT2D eigenvalue weighted by atomic mass is 127. The number of ether oxygens (including phenoxy) is 8. The van der Waals surface area contributed by atoms with Crippen LogP contribution >= 0.6 is 179 Å². The molecule has 2 atom stereocenters. The SMILES string of the molecule is CC(C)(Br)C(=O)OCCOC(=O)c1ccc([S+](c2ccc(Br)cc2)c2ccc(Br)cc2)cc1.CC(C)(Br)C(=O)OCCOC(=O)c1ccc([S+](c2ccc(I)cc2)c2ccc(I)cc2)cc1.CC(C)(Br)C(=O)OCCOC(=O)c1ccc([S+](c2ccccc2)c2ccc(Br)cc2)cc1.CC(C)(Br)C(=O)OCCOC(=O)c1ccc([S+](c2ccccc2)c2ccc(I)cc2)cc1. The minimum atomic E-state index is -0.770. The van der Waals surface area contributed by atoms with Gasteiger partial charge in [-0.25, -0.2) is 19.2 Å². The number of carbonyl (C=O) groups is 8. The van der Waals surface area contributed by atoms with Crippen molar-refractivity contribution >= 4 is 271 Å². The lowest BCUT2D eigenvalue weighted by molar-refractivity contribution is -0.147. The Balaban J connectivity index is 0.000000195. The Labute approximate surface area is 870 Å². The smallest absolute Gasteiger partial charge is 0.338 e. The second-order valence-electron chi connectivity index (χ2n) is 29.6. The molecule has 30 heteroatoms. The van der Waals surface area contributed by atoms with Gasteiger partial charge in [0.1, 0.15) is 70.2 Å². The summed E-state index contributed by atoms with van der Waals surface area (Å²) in [5, 5.41) is 0. The Kier molecular flexibility index (Phi) is 43.2. The normalized spacial score (nSPS) is 11.7. The van der Waals surface area contributed by atoms with Gasteiger partial charge < -0.3 is 37.9 Å². The zero-order valence-corrected chi connectivity index (χ0v) is 92.3. The number of halogens is 10. The van der Waals surface area contributed by atoms with Gasteiger partial charge in [-0.15, -0.1) is 0 Å². The highest BCUT2D eigenvalue weighted by Crippen LogP contribution is 2.38. The first-order valence-corrected chi connectivity index (χ1v) is 53.6. The highest BCUT2D eigenvalue weighted by molar-refractivity contribution is 14.1. The highest BCUT2D eigenvalue weighted by Gasteiger charge is 2.36. The number of esters is 8. The minimum Gasteiger partial charge on any atom is -0.461 e. The van der Waals surface area contributed by atoms with Crippen molar-refractivity contribution in [2.45, 2.75) is 131 Å². The molecule has 12 aromatic rings. The summed E-state index contributed by atoms with van der Waals surface area (Å²) in [6.07, 6.45) is 0. The van der Waals surface area contributed by atoms with Crippen LogP contribution in [-0.4, -0.2) is 118 Å². The van der Waals surface area contributed by atoms with Crippen molar-refractivity contribution in [1.29, 1.82) is 0 Å². The molecular weight excluding hydrogens is 2530 g/mol. The average Bonchev–Trinajstić information content (AvgIpc) is 0.813. The third kappa shape index (κ3) is 34.6.